The number of aryl methyl sites for hydroxylation is 1. The standard InChI is InChI=1S/C19H33N5O/c1-6-24(17-9-7-8-16(4)14-17)13-12-23-19(20-5)22-11-10-21-18(25)15(2)3/h7-9,14-15H,6,10-13H2,1-5H3,(H,21,25)(H2,20,22,23). The van der Waals surface area contributed by atoms with Gasteiger partial charge >= 0.3 is 0 Å². The zero-order valence-corrected chi connectivity index (χ0v) is 16.2. The highest BCUT2D eigenvalue weighted by Crippen LogP contribution is 2.14. The molecule has 1 amide bonds. The topological polar surface area (TPSA) is 68.8 Å². The molecule has 6 nitrogen and oxygen atoms in total. The first kappa shape index (κ1) is 20.8. The molecule has 0 fully saturated rings. The summed E-state index contributed by atoms with van der Waals surface area (Å²) in [5.74, 6) is 0.833. The van der Waals surface area contributed by atoms with Crippen molar-refractivity contribution >= 4 is 17.6 Å². The maximum absolute atomic E-state index is 11.5. The van der Waals surface area contributed by atoms with Crippen LogP contribution in [0, 0.1) is 12.8 Å². The fourth-order valence-electron chi connectivity index (χ4n) is 2.40. The summed E-state index contributed by atoms with van der Waals surface area (Å²) < 4.78 is 0. The maximum Gasteiger partial charge on any atom is 0.222 e. The summed E-state index contributed by atoms with van der Waals surface area (Å²) in [7, 11) is 1.75. The molecule has 6 heteroatoms. The minimum absolute atomic E-state index is 0.0130. The quantitative estimate of drug-likeness (QED) is 0.362. The Morgan fingerprint density at radius 2 is 1.84 bits per heavy atom. The number of aliphatic imine (C=N–C) groups is 1. The van der Waals surface area contributed by atoms with E-state index in [0.29, 0.717) is 13.1 Å². The summed E-state index contributed by atoms with van der Waals surface area (Å²) in [6.45, 7) is 11.9. The molecule has 0 radical (unpaired) electrons. The molecule has 0 bridgehead atoms. The van der Waals surface area contributed by atoms with E-state index >= 15 is 0 Å². The highest BCUT2D eigenvalue weighted by atomic mass is 16.1. The molecule has 0 aliphatic carbocycles. The van der Waals surface area contributed by atoms with Crippen LogP contribution in [0.4, 0.5) is 5.69 Å². The van der Waals surface area contributed by atoms with E-state index < -0.39 is 0 Å². The van der Waals surface area contributed by atoms with Crippen LogP contribution in [-0.4, -0.2) is 51.6 Å². The lowest BCUT2D eigenvalue weighted by atomic mass is 10.2. The van der Waals surface area contributed by atoms with Crippen LogP contribution in [0.1, 0.15) is 26.3 Å². The number of nitrogens with zero attached hydrogens (tertiary/aromatic N) is 2. The lowest BCUT2D eigenvalue weighted by Crippen LogP contribution is -2.44. The fraction of sp³-hybridized carbons (Fsp3) is 0.579. The number of anilines is 1. The van der Waals surface area contributed by atoms with Crippen molar-refractivity contribution in [1.29, 1.82) is 0 Å². The molecule has 1 aromatic carbocycles. The van der Waals surface area contributed by atoms with Crippen molar-refractivity contribution < 1.29 is 4.79 Å². The average Bonchev–Trinajstić information content (AvgIpc) is 2.60. The summed E-state index contributed by atoms with van der Waals surface area (Å²) in [6, 6.07) is 8.54. The van der Waals surface area contributed by atoms with Crippen LogP contribution in [0.15, 0.2) is 29.3 Å². The number of amides is 1. The predicted octanol–water partition coefficient (Wildman–Crippen LogP) is 1.76. The average molecular weight is 348 g/mol. The molecule has 0 heterocycles. The molecule has 1 rings (SSSR count). The summed E-state index contributed by atoms with van der Waals surface area (Å²) in [5, 5.41) is 9.40. The first-order valence-corrected chi connectivity index (χ1v) is 9.01. The van der Waals surface area contributed by atoms with Crippen LogP contribution in [0.5, 0.6) is 0 Å². The van der Waals surface area contributed by atoms with Crippen molar-refractivity contribution in [3.05, 3.63) is 29.8 Å². The number of benzene rings is 1. The van der Waals surface area contributed by atoms with Gasteiger partial charge in [0.2, 0.25) is 5.91 Å². The first-order valence-electron chi connectivity index (χ1n) is 9.01. The Morgan fingerprint density at radius 3 is 2.44 bits per heavy atom. The Kier molecular flexibility index (Phi) is 9.43. The van der Waals surface area contributed by atoms with E-state index in [1.54, 1.807) is 7.05 Å². The van der Waals surface area contributed by atoms with Gasteiger partial charge in [0.1, 0.15) is 0 Å². The van der Waals surface area contributed by atoms with E-state index in [-0.39, 0.29) is 11.8 Å². The molecule has 0 unspecified atom stereocenters. The van der Waals surface area contributed by atoms with Crippen molar-refractivity contribution in [2.75, 3.05) is 44.7 Å². The lowest BCUT2D eigenvalue weighted by Gasteiger charge is -2.24. The number of hydrogen-bond acceptors (Lipinski definition) is 3. The zero-order chi connectivity index (χ0) is 18.7. The van der Waals surface area contributed by atoms with Gasteiger partial charge in [-0.15, -0.1) is 0 Å². The lowest BCUT2D eigenvalue weighted by molar-refractivity contribution is -0.123. The number of rotatable bonds is 9. The van der Waals surface area contributed by atoms with E-state index in [1.807, 2.05) is 13.8 Å². The second-order valence-electron chi connectivity index (χ2n) is 6.29. The van der Waals surface area contributed by atoms with Gasteiger partial charge in [0.05, 0.1) is 0 Å². The van der Waals surface area contributed by atoms with Crippen molar-refractivity contribution in [2.45, 2.75) is 27.7 Å². The normalized spacial score (nSPS) is 11.4. The van der Waals surface area contributed by atoms with Gasteiger partial charge in [-0.3, -0.25) is 9.79 Å². The van der Waals surface area contributed by atoms with Gasteiger partial charge in [-0.25, -0.2) is 0 Å². The van der Waals surface area contributed by atoms with Crippen LogP contribution < -0.4 is 20.9 Å². The molecular weight excluding hydrogens is 314 g/mol. The number of nitrogens with one attached hydrogen (secondary N) is 3. The van der Waals surface area contributed by atoms with Crippen LogP contribution in [0.3, 0.4) is 0 Å². The summed E-state index contributed by atoms with van der Waals surface area (Å²) in [6.07, 6.45) is 0. The van der Waals surface area contributed by atoms with Crippen molar-refractivity contribution in [2.24, 2.45) is 10.9 Å². The number of guanidine groups is 1. The third kappa shape index (κ3) is 7.92. The number of likely N-dealkylation sites (N-methyl/N-ethyl adjacent to an activating group) is 1. The SMILES string of the molecule is CCN(CCNC(=NC)NCCNC(=O)C(C)C)c1cccc(C)c1. The molecule has 140 valence electrons. The Bertz CT molecular complexity index is 557. The van der Waals surface area contributed by atoms with Gasteiger partial charge in [0.25, 0.3) is 0 Å². The Morgan fingerprint density at radius 1 is 1.16 bits per heavy atom. The monoisotopic (exact) mass is 347 g/mol. The van der Waals surface area contributed by atoms with E-state index in [1.165, 1.54) is 11.3 Å². The highest BCUT2D eigenvalue weighted by molar-refractivity contribution is 5.80. The molecule has 0 aliphatic heterocycles. The predicted molar refractivity (Wildman–Crippen MR) is 106 cm³/mol. The van der Waals surface area contributed by atoms with Crippen molar-refractivity contribution in [3.63, 3.8) is 0 Å². The molecule has 0 saturated heterocycles. The molecule has 0 atom stereocenters. The van der Waals surface area contributed by atoms with Crippen LogP contribution in [0.2, 0.25) is 0 Å². The minimum atomic E-state index is 0.0130. The molecule has 0 spiro atoms. The molecule has 0 saturated carbocycles. The molecule has 1 aromatic rings. The highest BCUT2D eigenvalue weighted by Gasteiger charge is 2.06. The van der Waals surface area contributed by atoms with Crippen LogP contribution in [-0.2, 0) is 4.79 Å². The van der Waals surface area contributed by atoms with Crippen molar-refractivity contribution in [3.8, 4) is 0 Å². The maximum atomic E-state index is 11.5. The van der Waals surface area contributed by atoms with Crippen molar-refractivity contribution in [1.82, 2.24) is 16.0 Å². The number of hydrogen-bond donors (Lipinski definition) is 3. The van der Waals surface area contributed by atoms with Gasteiger partial charge in [-0.05, 0) is 31.5 Å². The minimum Gasteiger partial charge on any atom is -0.370 e. The summed E-state index contributed by atoms with van der Waals surface area (Å²) in [5.41, 5.74) is 2.51. The molecule has 0 aromatic heterocycles. The summed E-state index contributed by atoms with van der Waals surface area (Å²) in [4.78, 5) is 18.0. The first-order chi connectivity index (χ1) is 12.0. The Balaban J connectivity index is 2.33. The third-order valence-electron chi connectivity index (χ3n) is 3.89. The van der Waals surface area contributed by atoms with E-state index in [9.17, 15) is 4.79 Å². The van der Waals surface area contributed by atoms with Crippen LogP contribution in [0.25, 0.3) is 0 Å². The molecule has 3 N–H and O–H groups in total. The van der Waals surface area contributed by atoms with Gasteiger partial charge < -0.3 is 20.9 Å². The largest absolute Gasteiger partial charge is 0.370 e. The Hall–Kier alpha value is -2.24. The zero-order valence-electron chi connectivity index (χ0n) is 16.2. The van der Waals surface area contributed by atoms with Gasteiger partial charge in [0, 0.05) is 51.4 Å². The third-order valence-corrected chi connectivity index (χ3v) is 3.89. The second kappa shape index (κ2) is 11.3. The van der Waals surface area contributed by atoms with Gasteiger partial charge in [-0.2, -0.15) is 0 Å². The number of carbonyl (C=O) groups is 1. The van der Waals surface area contributed by atoms with Gasteiger partial charge in [-0.1, -0.05) is 26.0 Å². The Labute approximate surface area is 152 Å². The van der Waals surface area contributed by atoms with Gasteiger partial charge in [0.15, 0.2) is 5.96 Å². The van der Waals surface area contributed by atoms with Crippen LogP contribution >= 0.6 is 0 Å². The van der Waals surface area contributed by atoms with E-state index in [4.69, 9.17) is 0 Å². The molecule has 25 heavy (non-hydrogen) atoms. The molecular formula is C19H33N5O. The second-order valence-corrected chi connectivity index (χ2v) is 6.29. The fourth-order valence-corrected chi connectivity index (χ4v) is 2.40. The molecule has 0 aliphatic rings. The van der Waals surface area contributed by atoms with E-state index in [2.05, 4.69) is 64.0 Å². The smallest absolute Gasteiger partial charge is 0.222 e. The van der Waals surface area contributed by atoms with E-state index in [0.717, 1.165) is 25.6 Å². The summed E-state index contributed by atoms with van der Waals surface area (Å²) >= 11 is 0. The number of carbonyl (C=O) groups excluding carboxylic acids is 1.